The Morgan fingerprint density at radius 2 is 1.82 bits per heavy atom. The molecule has 0 amide bonds. The van der Waals surface area contributed by atoms with E-state index in [1.807, 2.05) is 21.6 Å². The van der Waals surface area contributed by atoms with Crippen molar-refractivity contribution in [2.24, 2.45) is 0 Å². The third-order valence-corrected chi connectivity index (χ3v) is 2.40. The number of hydrogen-bond donors (Lipinski definition) is 2. The van der Waals surface area contributed by atoms with Gasteiger partial charge < -0.3 is 10.2 Å². The number of rotatable bonds is 1. The van der Waals surface area contributed by atoms with Crippen LogP contribution in [0.3, 0.4) is 0 Å². The molecule has 0 aromatic rings. The first-order valence-electron chi connectivity index (χ1n) is 3.07. The van der Waals surface area contributed by atoms with Gasteiger partial charge >= 0.3 is 0 Å². The standard InChI is InChI=1S/C3H4S2.C2H6O2.C2H4/c1-2-4-5-3-1;3-1-2-4;1-2/h1-2H,3H2;3-4H,1-2H2;1-2H2. The predicted molar refractivity (Wildman–Crippen MR) is 54.6 cm³/mol. The predicted octanol–water partition coefficient (Wildman–Crippen LogP) is 1.67. The zero-order valence-corrected chi connectivity index (χ0v) is 8.03. The van der Waals surface area contributed by atoms with Crippen LogP contribution in [0.2, 0.25) is 0 Å². The second kappa shape index (κ2) is 16.6. The highest BCUT2D eigenvalue weighted by molar-refractivity contribution is 8.78. The molecule has 11 heavy (non-hydrogen) atoms. The van der Waals surface area contributed by atoms with Gasteiger partial charge in [-0.15, -0.1) is 13.2 Å². The van der Waals surface area contributed by atoms with Crippen LogP contribution >= 0.6 is 21.6 Å². The highest BCUT2D eigenvalue weighted by Crippen LogP contribution is 2.27. The fourth-order valence-corrected chi connectivity index (χ4v) is 1.77. The first-order valence-corrected chi connectivity index (χ1v) is 5.45. The molecule has 4 heteroatoms. The minimum atomic E-state index is -0.125. The van der Waals surface area contributed by atoms with E-state index in [-0.39, 0.29) is 13.2 Å². The quantitative estimate of drug-likeness (QED) is 0.492. The van der Waals surface area contributed by atoms with Crippen molar-refractivity contribution in [2.45, 2.75) is 0 Å². The van der Waals surface area contributed by atoms with Crippen LogP contribution in [-0.2, 0) is 0 Å². The van der Waals surface area contributed by atoms with Crippen LogP contribution in [-0.4, -0.2) is 29.2 Å². The van der Waals surface area contributed by atoms with Crippen LogP contribution < -0.4 is 0 Å². The number of aliphatic hydroxyl groups is 2. The van der Waals surface area contributed by atoms with Crippen molar-refractivity contribution in [2.75, 3.05) is 19.0 Å². The van der Waals surface area contributed by atoms with Crippen LogP contribution in [0, 0.1) is 0 Å². The van der Waals surface area contributed by atoms with Crippen LogP contribution in [0.25, 0.3) is 0 Å². The van der Waals surface area contributed by atoms with Gasteiger partial charge in [-0.2, -0.15) is 0 Å². The second-order valence-corrected chi connectivity index (χ2v) is 3.52. The average Bonchev–Trinajstić information content (AvgIpc) is 2.65. The fourth-order valence-electron chi connectivity index (χ4n) is 0.196. The van der Waals surface area contributed by atoms with Gasteiger partial charge in [0.15, 0.2) is 0 Å². The van der Waals surface area contributed by atoms with Crippen molar-refractivity contribution < 1.29 is 10.2 Å². The molecule has 0 saturated heterocycles. The van der Waals surface area contributed by atoms with E-state index in [0.717, 1.165) is 0 Å². The maximum atomic E-state index is 7.62. The van der Waals surface area contributed by atoms with Crippen molar-refractivity contribution in [1.82, 2.24) is 0 Å². The summed E-state index contributed by atoms with van der Waals surface area (Å²) in [6.45, 7) is 5.75. The Morgan fingerprint density at radius 3 is 1.91 bits per heavy atom. The summed E-state index contributed by atoms with van der Waals surface area (Å²) < 4.78 is 0. The zero-order valence-electron chi connectivity index (χ0n) is 6.40. The van der Waals surface area contributed by atoms with E-state index in [2.05, 4.69) is 24.6 Å². The molecule has 0 fully saturated rings. The van der Waals surface area contributed by atoms with E-state index in [4.69, 9.17) is 10.2 Å². The first-order chi connectivity index (χ1) is 5.41. The van der Waals surface area contributed by atoms with Gasteiger partial charge in [0.05, 0.1) is 13.2 Å². The van der Waals surface area contributed by atoms with E-state index in [1.54, 1.807) is 0 Å². The lowest BCUT2D eigenvalue weighted by Crippen LogP contribution is -1.85. The summed E-state index contributed by atoms with van der Waals surface area (Å²) in [6, 6.07) is 0. The topological polar surface area (TPSA) is 40.5 Å². The largest absolute Gasteiger partial charge is 0.394 e. The van der Waals surface area contributed by atoms with Crippen molar-refractivity contribution in [1.29, 1.82) is 0 Å². The van der Waals surface area contributed by atoms with Gasteiger partial charge in [-0.3, -0.25) is 0 Å². The Hall–Kier alpha value is 0.1000. The van der Waals surface area contributed by atoms with Gasteiger partial charge in [0.2, 0.25) is 0 Å². The van der Waals surface area contributed by atoms with Gasteiger partial charge in [-0.1, -0.05) is 27.7 Å². The third kappa shape index (κ3) is 17.8. The van der Waals surface area contributed by atoms with E-state index >= 15 is 0 Å². The van der Waals surface area contributed by atoms with Crippen molar-refractivity contribution in [3.8, 4) is 0 Å². The van der Waals surface area contributed by atoms with Gasteiger partial charge in [-0.05, 0) is 5.41 Å². The normalized spacial score (nSPS) is 12.5. The summed E-state index contributed by atoms with van der Waals surface area (Å²) in [7, 11) is 3.69. The molecule has 0 aromatic carbocycles. The highest BCUT2D eigenvalue weighted by atomic mass is 33.1. The fraction of sp³-hybridized carbons (Fsp3) is 0.429. The third-order valence-electron chi connectivity index (χ3n) is 0.484. The van der Waals surface area contributed by atoms with Crippen LogP contribution in [0.15, 0.2) is 24.6 Å². The summed E-state index contributed by atoms with van der Waals surface area (Å²) in [5.41, 5.74) is 0. The first kappa shape index (κ1) is 13.7. The molecular weight excluding hydrogens is 180 g/mol. The Labute approximate surface area is 75.8 Å². The highest BCUT2D eigenvalue weighted by Gasteiger charge is 1.85. The van der Waals surface area contributed by atoms with Crippen LogP contribution in [0.1, 0.15) is 0 Å². The summed E-state index contributed by atoms with van der Waals surface area (Å²) in [4.78, 5) is 0. The summed E-state index contributed by atoms with van der Waals surface area (Å²) in [6.07, 6.45) is 2.16. The molecular formula is C7H14O2S2. The SMILES string of the molecule is C1=CSSC1.C=C.OCCO. The minimum Gasteiger partial charge on any atom is -0.394 e. The molecule has 0 unspecified atom stereocenters. The lowest BCUT2D eigenvalue weighted by Gasteiger charge is -1.70. The number of aliphatic hydroxyl groups excluding tert-OH is 2. The zero-order chi connectivity index (χ0) is 8.95. The maximum absolute atomic E-state index is 7.62. The van der Waals surface area contributed by atoms with Gasteiger partial charge in [0, 0.05) is 5.75 Å². The average molecular weight is 194 g/mol. The Kier molecular flexibility index (Phi) is 20.6. The minimum absolute atomic E-state index is 0.125. The molecule has 0 aromatic heterocycles. The van der Waals surface area contributed by atoms with E-state index in [0.29, 0.717) is 0 Å². The monoisotopic (exact) mass is 194 g/mol. The molecule has 0 spiro atoms. The Balaban J connectivity index is 0. The van der Waals surface area contributed by atoms with Crippen LogP contribution in [0.4, 0.5) is 0 Å². The molecule has 1 aliphatic heterocycles. The molecule has 0 radical (unpaired) electrons. The van der Waals surface area contributed by atoms with Gasteiger partial charge in [0.25, 0.3) is 0 Å². The van der Waals surface area contributed by atoms with E-state index < -0.39 is 0 Å². The molecule has 0 saturated carbocycles. The molecule has 1 heterocycles. The van der Waals surface area contributed by atoms with Crippen molar-refractivity contribution in [3.63, 3.8) is 0 Å². The lowest BCUT2D eigenvalue weighted by molar-refractivity contribution is 0.186. The molecule has 1 aliphatic rings. The second-order valence-electron chi connectivity index (χ2n) is 1.20. The smallest absolute Gasteiger partial charge is 0.0662 e. The molecule has 66 valence electrons. The van der Waals surface area contributed by atoms with Gasteiger partial charge in [-0.25, -0.2) is 0 Å². The Bertz CT molecular complexity index is 78.5. The number of hydrogen-bond acceptors (Lipinski definition) is 4. The molecule has 2 N–H and O–H groups in total. The van der Waals surface area contributed by atoms with Crippen LogP contribution in [0.5, 0.6) is 0 Å². The molecule has 0 aliphatic carbocycles. The van der Waals surface area contributed by atoms with Gasteiger partial charge in [0.1, 0.15) is 0 Å². The van der Waals surface area contributed by atoms with Crippen molar-refractivity contribution in [3.05, 3.63) is 24.6 Å². The molecule has 2 nitrogen and oxygen atoms in total. The summed E-state index contributed by atoms with van der Waals surface area (Å²) >= 11 is 0. The molecule has 1 rings (SSSR count). The van der Waals surface area contributed by atoms with E-state index in [1.165, 1.54) is 5.75 Å². The lowest BCUT2D eigenvalue weighted by atomic mass is 10.8. The maximum Gasteiger partial charge on any atom is 0.0662 e. The molecule has 0 atom stereocenters. The van der Waals surface area contributed by atoms with E-state index in [9.17, 15) is 0 Å². The molecule has 0 bridgehead atoms. The van der Waals surface area contributed by atoms with Crippen molar-refractivity contribution >= 4 is 21.6 Å². The Morgan fingerprint density at radius 1 is 1.27 bits per heavy atom. The summed E-state index contributed by atoms with van der Waals surface area (Å²) in [5, 5.41) is 17.4. The summed E-state index contributed by atoms with van der Waals surface area (Å²) in [5.74, 6) is 1.20.